The van der Waals surface area contributed by atoms with Crippen LogP contribution in [0.4, 0.5) is 5.82 Å². The van der Waals surface area contributed by atoms with E-state index in [9.17, 15) is 4.79 Å². The van der Waals surface area contributed by atoms with Crippen molar-refractivity contribution < 1.29 is 9.53 Å². The highest BCUT2D eigenvalue weighted by atomic mass is 16.5. The molecule has 1 saturated carbocycles. The van der Waals surface area contributed by atoms with E-state index < -0.39 is 0 Å². The second kappa shape index (κ2) is 8.69. The quantitative estimate of drug-likeness (QED) is 0.499. The number of hydrogen-bond acceptors (Lipinski definition) is 5. The van der Waals surface area contributed by atoms with Crippen molar-refractivity contribution in [3.8, 4) is 0 Å². The predicted molar refractivity (Wildman–Crippen MR) is 127 cm³/mol. The first-order valence-electron chi connectivity index (χ1n) is 11.5. The molecule has 0 radical (unpaired) electrons. The summed E-state index contributed by atoms with van der Waals surface area (Å²) in [7, 11) is 0. The lowest BCUT2D eigenvalue weighted by Gasteiger charge is -2.33. The summed E-state index contributed by atoms with van der Waals surface area (Å²) in [5.74, 6) is 3.00. The van der Waals surface area contributed by atoms with E-state index in [-0.39, 0.29) is 5.78 Å². The van der Waals surface area contributed by atoms with Crippen molar-refractivity contribution in [3.05, 3.63) is 66.1 Å². The number of nitrogens with two attached hydrogens (primary N) is 1. The zero-order valence-electron chi connectivity index (χ0n) is 18.5. The van der Waals surface area contributed by atoms with Crippen LogP contribution in [-0.4, -0.2) is 39.8 Å². The lowest BCUT2D eigenvalue weighted by atomic mass is 10.1. The molecule has 0 bridgehead atoms. The summed E-state index contributed by atoms with van der Waals surface area (Å²) < 4.78 is 5.93. The van der Waals surface area contributed by atoms with Crippen molar-refractivity contribution in [2.24, 2.45) is 11.8 Å². The predicted octanol–water partition coefficient (Wildman–Crippen LogP) is 4.85. The van der Waals surface area contributed by atoms with Gasteiger partial charge in [0.1, 0.15) is 18.2 Å². The Morgan fingerprint density at radius 1 is 1.25 bits per heavy atom. The van der Waals surface area contributed by atoms with Gasteiger partial charge in [0.2, 0.25) is 0 Å². The fourth-order valence-electron chi connectivity index (χ4n) is 4.60. The van der Waals surface area contributed by atoms with Gasteiger partial charge < -0.3 is 20.4 Å². The number of rotatable bonds is 8. The molecule has 0 spiro atoms. The summed E-state index contributed by atoms with van der Waals surface area (Å²) in [5.41, 5.74) is 8.42. The van der Waals surface area contributed by atoms with Gasteiger partial charge in [0.25, 0.3) is 0 Å². The van der Waals surface area contributed by atoms with Crippen LogP contribution in [0, 0.1) is 11.8 Å². The molecule has 2 unspecified atom stereocenters. The second-order valence-electron chi connectivity index (χ2n) is 9.16. The number of ketones is 1. The normalized spacial score (nSPS) is 22.5. The number of nitrogen functional groups attached to an aromatic ring is 1. The van der Waals surface area contributed by atoms with Crippen molar-refractivity contribution in [1.82, 2.24) is 14.9 Å². The molecule has 0 saturated heterocycles. The monoisotopic (exact) mass is 430 g/mol. The van der Waals surface area contributed by atoms with Crippen LogP contribution in [0.15, 0.2) is 54.9 Å². The Labute approximate surface area is 188 Å². The first-order chi connectivity index (χ1) is 15.6. The van der Waals surface area contributed by atoms with E-state index in [2.05, 4.69) is 28.0 Å². The molecular formula is C26H30N4O2. The summed E-state index contributed by atoms with van der Waals surface area (Å²) in [6, 6.07) is 14.1. The van der Waals surface area contributed by atoms with Crippen LogP contribution in [0.5, 0.6) is 0 Å². The molecule has 1 aliphatic heterocycles. The van der Waals surface area contributed by atoms with Crippen molar-refractivity contribution in [1.29, 1.82) is 0 Å². The molecule has 1 aromatic carbocycles. The number of anilines is 1. The van der Waals surface area contributed by atoms with Crippen LogP contribution in [0.3, 0.4) is 0 Å². The van der Waals surface area contributed by atoms with E-state index in [4.69, 9.17) is 10.5 Å². The lowest BCUT2D eigenvalue weighted by Crippen LogP contribution is -2.37. The number of Topliss-reactive ketones (excluding diaryl/α,β-unsaturated/α-hetero) is 1. The molecule has 3 N–H and O–H groups in total. The molecule has 166 valence electrons. The van der Waals surface area contributed by atoms with Crippen LogP contribution in [0.25, 0.3) is 16.7 Å². The zero-order chi connectivity index (χ0) is 22.1. The summed E-state index contributed by atoms with van der Waals surface area (Å²) >= 11 is 0. The Morgan fingerprint density at radius 3 is 2.94 bits per heavy atom. The number of aromatic nitrogens is 2. The average molecular weight is 431 g/mol. The van der Waals surface area contributed by atoms with Gasteiger partial charge in [-0.25, -0.2) is 4.98 Å². The number of hydrogen-bond donors (Lipinski definition) is 2. The molecule has 6 heteroatoms. The first kappa shape index (κ1) is 20.6. The Morgan fingerprint density at radius 2 is 2.12 bits per heavy atom. The smallest absolute Gasteiger partial charge is 0.179 e. The van der Waals surface area contributed by atoms with Crippen molar-refractivity contribution in [2.45, 2.75) is 38.6 Å². The van der Waals surface area contributed by atoms with Crippen molar-refractivity contribution in [3.63, 3.8) is 0 Å². The highest BCUT2D eigenvalue weighted by Crippen LogP contribution is 2.43. The van der Waals surface area contributed by atoms with Gasteiger partial charge in [-0.3, -0.25) is 4.79 Å². The molecule has 1 fully saturated rings. The number of carbonyl (C=O) groups excluding carboxylic acids is 1. The Balaban J connectivity index is 1.11. The Hall–Kier alpha value is -3.28. The van der Waals surface area contributed by atoms with Gasteiger partial charge >= 0.3 is 0 Å². The summed E-state index contributed by atoms with van der Waals surface area (Å²) in [6.07, 6.45) is 7.81. The standard InChI is InChI=1S/C26H30N4O2/c1-17-16-32-25(20-9-10-26(27)28-13-20)15-30(17)14-21-11-18(21)6-4-8-24(31)23-12-19-5-2-3-7-22(19)29-23/h2-3,5,7,9-10,12-13,15,17-18,21,29H,4,6,8,11,14,16H2,1H3,(H2,27,28)/t17-,18?,21?/m0/s1. The number of ether oxygens (including phenoxy) is 1. The van der Waals surface area contributed by atoms with Crippen LogP contribution in [-0.2, 0) is 4.74 Å². The summed E-state index contributed by atoms with van der Waals surface area (Å²) in [5, 5.41) is 1.10. The van der Waals surface area contributed by atoms with Gasteiger partial charge in [-0.05, 0) is 62.3 Å². The molecule has 6 nitrogen and oxygen atoms in total. The van der Waals surface area contributed by atoms with Crippen LogP contribution in [0.1, 0.15) is 48.7 Å². The maximum Gasteiger partial charge on any atom is 0.179 e. The molecule has 2 aliphatic rings. The average Bonchev–Trinajstić information content (AvgIpc) is 3.38. The van der Waals surface area contributed by atoms with Gasteiger partial charge in [-0.15, -0.1) is 0 Å². The van der Waals surface area contributed by atoms with Gasteiger partial charge in [-0.2, -0.15) is 0 Å². The second-order valence-corrected chi connectivity index (χ2v) is 9.16. The topological polar surface area (TPSA) is 84.2 Å². The molecule has 3 aromatic rings. The number of nitrogens with zero attached hydrogens (tertiary/aromatic N) is 2. The number of carbonyl (C=O) groups is 1. The number of para-hydroxylation sites is 1. The minimum absolute atomic E-state index is 0.213. The van der Waals surface area contributed by atoms with Crippen molar-refractivity contribution >= 4 is 28.3 Å². The number of H-pyrrole nitrogens is 1. The Bertz CT molecular complexity index is 1100. The maximum absolute atomic E-state index is 12.6. The summed E-state index contributed by atoms with van der Waals surface area (Å²) in [4.78, 5) is 22.4. The molecule has 3 heterocycles. The molecule has 3 atom stereocenters. The van der Waals surface area contributed by atoms with Crippen molar-refractivity contribution in [2.75, 3.05) is 18.9 Å². The number of pyridine rings is 1. The minimum Gasteiger partial charge on any atom is -0.489 e. The number of nitrogens with one attached hydrogen (secondary N) is 1. The lowest BCUT2D eigenvalue weighted by molar-refractivity contribution is 0.0974. The van der Waals surface area contributed by atoms with E-state index in [1.165, 1.54) is 6.42 Å². The van der Waals surface area contributed by atoms with E-state index in [0.717, 1.165) is 53.2 Å². The number of aromatic amines is 1. The fourth-order valence-corrected chi connectivity index (χ4v) is 4.60. The number of benzene rings is 1. The van der Waals surface area contributed by atoms with Crippen LogP contribution < -0.4 is 5.73 Å². The molecule has 2 aromatic heterocycles. The minimum atomic E-state index is 0.213. The van der Waals surface area contributed by atoms with E-state index in [1.54, 1.807) is 12.3 Å². The highest BCUT2D eigenvalue weighted by Gasteiger charge is 2.38. The van der Waals surface area contributed by atoms with E-state index in [1.807, 2.05) is 36.4 Å². The van der Waals surface area contributed by atoms with Gasteiger partial charge in [0.15, 0.2) is 5.78 Å². The highest BCUT2D eigenvalue weighted by molar-refractivity contribution is 5.99. The van der Waals surface area contributed by atoms with Gasteiger partial charge in [-0.1, -0.05) is 18.2 Å². The molecule has 32 heavy (non-hydrogen) atoms. The fraction of sp³-hybridized carbons (Fsp3) is 0.385. The molecule has 0 amide bonds. The molecule has 5 rings (SSSR count). The Kier molecular flexibility index (Phi) is 5.60. The van der Waals surface area contributed by atoms with Crippen LogP contribution in [0.2, 0.25) is 0 Å². The van der Waals surface area contributed by atoms with Crippen LogP contribution >= 0.6 is 0 Å². The van der Waals surface area contributed by atoms with E-state index in [0.29, 0.717) is 30.8 Å². The third-order valence-electron chi connectivity index (χ3n) is 6.72. The SMILES string of the molecule is C[C@H]1COC(c2ccc(N)nc2)=CN1CC1CC1CCCC(=O)c1cc2ccccc2[nH]1. The molecule has 1 aliphatic carbocycles. The number of fused-ring (bicyclic) bond motifs is 1. The van der Waals surface area contributed by atoms with Gasteiger partial charge in [0, 0.05) is 41.8 Å². The summed E-state index contributed by atoms with van der Waals surface area (Å²) in [6.45, 7) is 3.91. The third kappa shape index (κ3) is 4.49. The van der Waals surface area contributed by atoms with Gasteiger partial charge in [0.05, 0.1) is 11.7 Å². The molecular weight excluding hydrogens is 400 g/mol. The van der Waals surface area contributed by atoms with E-state index >= 15 is 0 Å². The maximum atomic E-state index is 12.6. The largest absolute Gasteiger partial charge is 0.489 e. The first-order valence-corrected chi connectivity index (χ1v) is 11.5. The zero-order valence-corrected chi connectivity index (χ0v) is 18.5. The third-order valence-corrected chi connectivity index (χ3v) is 6.72.